The standard InChI is InChI=1S/C12H17N5/c1-5-10-11(13)14-6-15-12(10)17-9(4)7(2)8(3)16-17/h6H,5H2,1-4H3,(H2,13,14,15). The molecule has 0 spiro atoms. The second-order valence-electron chi connectivity index (χ2n) is 4.12. The summed E-state index contributed by atoms with van der Waals surface area (Å²) in [6.07, 6.45) is 2.27. The van der Waals surface area contributed by atoms with Crippen LogP contribution in [0.5, 0.6) is 0 Å². The van der Waals surface area contributed by atoms with Gasteiger partial charge in [-0.3, -0.25) is 0 Å². The van der Waals surface area contributed by atoms with Gasteiger partial charge >= 0.3 is 0 Å². The molecule has 2 N–H and O–H groups in total. The van der Waals surface area contributed by atoms with Gasteiger partial charge in [0.1, 0.15) is 12.1 Å². The monoisotopic (exact) mass is 231 g/mol. The van der Waals surface area contributed by atoms with Crippen LogP contribution >= 0.6 is 0 Å². The molecule has 17 heavy (non-hydrogen) atoms. The molecule has 0 atom stereocenters. The van der Waals surface area contributed by atoms with Crippen molar-refractivity contribution in [1.29, 1.82) is 0 Å². The van der Waals surface area contributed by atoms with E-state index in [4.69, 9.17) is 5.73 Å². The molecule has 0 saturated heterocycles. The number of nitrogen functional groups attached to an aromatic ring is 1. The summed E-state index contributed by atoms with van der Waals surface area (Å²) in [5, 5.41) is 4.50. The number of nitrogens with two attached hydrogens (primary N) is 1. The Balaban J connectivity index is 2.68. The van der Waals surface area contributed by atoms with Crippen molar-refractivity contribution in [3.8, 4) is 5.82 Å². The zero-order valence-electron chi connectivity index (χ0n) is 10.7. The average molecular weight is 231 g/mol. The van der Waals surface area contributed by atoms with Crippen LogP contribution in [0.4, 0.5) is 5.82 Å². The van der Waals surface area contributed by atoms with Gasteiger partial charge in [-0.1, -0.05) is 6.92 Å². The molecule has 0 aliphatic rings. The van der Waals surface area contributed by atoms with E-state index in [9.17, 15) is 0 Å². The number of nitrogens with zero attached hydrogens (tertiary/aromatic N) is 4. The minimum absolute atomic E-state index is 0.530. The minimum Gasteiger partial charge on any atom is -0.383 e. The maximum atomic E-state index is 5.87. The Morgan fingerprint density at radius 1 is 1.24 bits per heavy atom. The number of aryl methyl sites for hydroxylation is 1. The molecular formula is C12H17N5. The van der Waals surface area contributed by atoms with Crippen molar-refractivity contribution < 1.29 is 0 Å². The first-order chi connectivity index (χ1) is 8.06. The fourth-order valence-corrected chi connectivity index (χ4v) is 1.86. The summed E-state index contributed by atoms with van der Waals surface area (Å²) in [5.74, 6) is 1.32. The summed E-state index contributed by atoms with van der Waals surface area (Å²) in [6.45, 7) is 8.13. The topological polar surface area (TPSA) is 69.6 Å². The van der Waals surface area contributed by atoms with Crippen LogP contribution in [0.3, 0.4) is 0 Å². The van der Waals surface area contributed by atoms with E-state index in [0.29, 0.717) is 5.82 Å². The van der Waals surface area contributed by atoms with Gasteiger partial charge in [0.25, 0.3) is 0 Å². The Bertz CT molecular complexity index is 556. The van der Waals surface area contributed by atoms with E-state index in [1.807, 2.05) is 25.5 Å². The van der Waals surface area contributed by atoms with E-state index < -0.39 is 0 Å². The van der Waals surface area contributed by atoms with Crippen molar-refractivity contribution in [2.75, 3.05) is 5.73 Å². The van der Waals surface area contributed by atoms with E-state index in [1.165, 1.54) is 11.9 Å². The third kappa shape index (κ3) is 1.77. The first kappa shape index (κ1) is 11.6. The largest absolute Gasteiger partial charge is 0.383 e. The highest BCUT2D eigenvalue weighted by molar-refractivity contribution is 5.49. The summed E-state index contributed by atoms with van der Waals surface area (Å²) in [7, 11) is 0. The summed E-state index contributed by atoms with van der Waals surface area (Å²) in [5.41, 5.74) is 10.1. The van der Waals surface area contributed by atoms with Gasteiger partial charge in [0, 0.05) is 11.3 Å². The number of hydrogen-bond acceptors (Lipinski definition) is 4. The van der Waals surface area contributed by atoms with Crippen molar-refractivity contribution in [3.63, 3.8) is 0 Å². The molecule has 0 fully saturated rings. The lowest BCUT2D eigenvalue weighted by atomic mass is 10.2. The lowest BCUT2D eigenvalue weighted by molar-refractivity contribution is 0.785. The second kappa shape index (κ2) is 4.16. The predicted molar refractivity (Wildman–Crippen MR) is 67.2 cm³/mol. The highest BCUT2D eigenvalue weighted by Gasteiger charge is 2.14. The minimum atomic E-state index is 0.530. The Labute approximate surface area is 101 Å². The SMILES string of the molecule is CCc1c(N)ncnc1-n1nc(C)c(C)c1C. The van der Waals surface area contributed by atoms with Gasteiger partial charge in [0.15, 0.2) is 5.82 Å². The second-order valence-corrected chi connectivity index (χ2v) is 4.12. The molecule has 2 rings (SSSR count). The van der Waals surface area contributed by atoms with Gasteiger partial charge in [0.2, 0.25) is 0 Å². The maximum Gasteiger partial charge on any atom is 0.162 e. The smallest absolute Gasteiger partial charge is 0.162 e. The molecule has 0 radical (unpaired) electrons. The van der Waals surface area contributed by atoms with Crippen LogP contribution in [0.25, 0.3) is 5.82 Å². The molecule has 90 valence electrons. The van der Waals surface area contributed by atoms with Gasteiger partial charge < -0.3 is 5.73 Å². The summed E-state index contributed by atoms with van der Waals surface area (Å²) < 4.78 is 1.85. The molecule has 0 aliphatic carbocycles. The highest BCUT2D eigenvalue weighted by atomic mass is 15.3. The van der Waals surface area contributed by atoms with Crippen molar-refractivity contribution in [2.45, 2.75) is 34.1 Å². The van der Waals surface area contributed by atoms with E-state index in [-0.39, 0.29) is 0 Å². The van der Waals surface area contributed by atoms with Gasteiger partial charge in [-0.25, -0.2) is 14.6 Å². The molecule has 5 heteroatoms. The van der Waals surface area contributed by atoms with Crippen molar-refractivity contribution >= 4 is 5.82 Å². The lowest BCUT2D eigenvalue weighted by Gasteiger charge is -2.09. The lowest BCUT2D eigenvalue weighted by Crippen LogP contribution is -2.09. The van der Waals surface area contributed by atoms with Gasteiger partial charge in [-0.05, 0) is 32.8 Å². The van der Waals surface area contributed by atoms with Crippen LogP contribution in [-0.4, -0.2) is 19.7 Å². The Kier molecular flexibility index (Phi) is 2.83. The first-order valence-electron chi connectivity index (χ1n) is 5.68. The van der Waals surface area contributed by atoms with Crippen LogP contribution in [0.15, 0.2) is 6.33 Å². The van der Waals surface area contributed by atoms with Crippen molar-refractivity contribution in [2.24, 2.45) is 0 Å². The Morgan fingerprint density at radius 2 is 1.94 bits per heavy atom. The quantitative estimate of drug-likeness (QED) is 0.854. The van der Waals surface area contributed by atoms with E-state index >= 15 is 0 Å². The Hall–Kier alpha value is -1.91. The van der Waals surface area contributed by atoms with Crippen LogP contribution in [0.2, 0.25) is 0 Å². The predicted octanol–water partition coefficient (Wildman–Crippen LogP) is 1.73. The van der Waals surface area contributed by atoms with Gasteiger partial charge in [0.05, 0.1) is 5.69 Å². The number of hydrogen-bond donors (Lipinski definition) is 1. The number of rotatable bonds is 2. The third-order valence-electron chi connectivity index (χ3n) is 3.16. The van der Waals surface area contributed by atoms with Crippen molar-refractivity contribution in [3.05, 3.63) is 28.8 Å². The van der Waals surface area contributed by atoms with Crippen LogP contribution in [0.1, 0.15) is 29.4 Å². The zero-order valence-corrected chi connectivity index (χ0v) is 10.7. The van der Waals surface area contributed by atoms with Crippen LogP contribution in [0, 0.1) is 20.8 Å². The van der Waals surface area contributed by atoms with E-state index in [0.717, 1.165) is 29.2 Å². The molecule has 0 amide bonds. The molecule has 5 nitrogen and oxygen atoms in total. The summed E-state index contributed by atoms with van der Waals surface area (Å²) >= 11 is 0. The third-order valence-corrected chi connectivity index (χ3v) is 3.16. The van der Waals surface area contributed by atoms with E-state index in [2.05, 4.69) is 22.0 Å². The van der Waals surface area contributed by atoms with E-state index in [1.54, 1.807) is 0 Å². The molecule has 0 unspecified atom stereocenters. The maximum absolute atomic E-state index is 5.87. The molecule has 0 aromatic carbocycles. The first-order valence-corrected chi connectivity index (χ1v) is 5.68. The molecule has 0 aliphatic heterocycles. The van der Waals surface area contributed by atoms with Crippen molar-refractivity contribution in [1.82, 2.24) is 19.7 Å². The molecule has 2 aromatic heterocycles. The summed E-state index contributed by atoms with van der Waals surface area (Å²) in [4.78, 5) is 8.33. The molecular weight excluding hydrogens is 214 g/mol. The molecule has 0 bridgehead atoms. The fourth-order valence-electron chi connectivity index (χ4n) is 1.86. The molecule has 0 saturated carbocycles. The van der Waals surface area contributed by atoms with Gasteiger partial charge in [-0.2, -0.15) is 5.10 Å². The Morgan fingerprint density at radius 3 is 2.47 bits per heavy atom. The highest BCUT2D eigenvalue weighted by Crippen LogP contribution is 2.20. The zero-order chi connectivity index (χ0) is 12.6. The number of anilines is 1. The average Bonchev–Trinajstić information content (AvgIpc) is 2.56. The fraction of sp³-hybridized carbons (Fsp3) is 0.417. The van der Waals surface area contributed by atoms with Crippen LogP contribution < -0.4 is 5.73 Å². The molecule has 2 aromatic rings. The number of aromatic nitrogens is 4. The molecule has 2 heterocycles. The normalized spacial score (nSPS) is 10.8. The van der Waals surface area contributed by atoms with Gasteiger partial charge in [-0.15, -0.1) is 0 Å². The summed E-state index contributed by atoms with van der Waals surface area (Å²) in [6, 6.07) is 0. The van der Waals surface area contributed by atoms with Crippen LogP contribution in [-0.2, 0) is 6.42 Å².